The van der Waals surface area contributed by atoms with Gasteiger partial charge in [-0.2, -0.15) is 0 Å². The van der Waals surface area contributed by atoms with Gasteiger partial charge in [-0.25, -0.2) is 0 Å². The lowest BCUT2D eigenvalue weighted by Gasteiger charge is -2.35. The van der Waals surface area contributed by atoms with Crippen LogP contribution < -0.4 is 5.43 Å². The van der Waals surface area contributed by atoms with Gasteiger partial charge in [-0.15, -0.1) is 0 Å². The number of aromatic nitrogens is 1. The first-order valence-corrected chi connectivity index (χ1v) is 7.99. The summed E-state index contributed by atoms with van der Waals surface area (Å²) in [6, 6.07) is 12.1. The fraction of sp³-hybridized carbons (Fsp3) is 0.389. The lowest BCUT2D eigenvalue weighted by molar-refractivity contribution is 0.120. The molecule has 1 saturated heterocycles. The molecule has 0 amide bonds. The van der Waals surface area contributed by atoms with Crippen LogP contribution in [-0.2, 0) is 20.1 Å². The summed E-state index contributed by atoms with van der Waals surface area (Å²) in [6.45, 7) is 5.77. The molecule has 3 rings (SSSR count). The van der Waals surface area contributed by atoms with E-state index in [9.17, 15) is 9.90 Å². The van der Waals surface area contributed by atoms with Crippen LogP contribution in [-0.4, -0.2) is 45.7 Å². The van der Waals surface area contributed by atoms with Gasteiger partial charge in [0.05, 0.1) is 0 Å². The molecular formula is C18H23N3O2. The first kappa shape index (κ1) is 15.8. The number of nitrogens with zero attached hydrogens (tertiary/aromatic N) is 3. The highest BCUT2D eigenvalue weighted by Gasteiger charge is 2.18. The van der Waals surface area contributed by atoms with E-state index in [0.29, 0.717) is 0 Å². The summed E-state index contributed by atoms with van der Waals surface area (Å²) < 4.78 is 1.83. The summed E-state index contributed by atoms with van der Waals surface area (Å²) in [5, 5.41) is 9.45. The fourth-order valence-electron chi connectivity index (χ4n) is 2.99. The molecule has 0 unspecified atom stereocenters. The van der Waals surface area contributed by atoms with Crippen LogP contribution >= 0.6 is 0 Å². The Balaban J connectivity index is 1.55. The van der Waals surface area contributed by atoms with Crippen molar-refractivity contribution in [2.24, 2.45) is 7.05 Å². The number of aromatic hydroxyl groups is 1. The fourth-order valence-corrected chi connectivity index (χ4v) is 2.99. The second kappa shape index (κ2) is 6.98. The van der Waals surface area contributed by atoms with Crippen molar-refractivity contribution in [3.05, 3.63) is 64.1 Å². The zero-order chi connectivity index (χ0) is 16.2. The van der Waals surface area contributed by atoms with Crippen LogP contribution in [0.25, 0.3) is 0 Å². The number of pyridine rings is 1. The van der Waals surface area contributed by atoms with E-state index >= 15 is 0 Å². The highest BCUT2D eigenvalue weighted by Crippen LogP contribution is 2.11. The monoisotopic (exact) mass is 313 g/mol. The van der Waals surface area contributed by atoms with Crippen molar-refractivity contribution in [3.8, 4) is 5.75 Å². The molecule has 2 aromatic rings. The molecule has 0 saturated carbocycles. The summed E-state index contributed by atoms with van der Waals surface area (Å²) in [5.74, 6) is -0.191. The minimum absolute atomic E-state index is 0.191. The van der Waals surface area contributed by atoms with Crippen LogP contribution in [0.4, 0.5) is 0 Å². The predicted molar refractivity (Wildman–Crippen MR) is 90.3 cm³/mol. The maximum Gasteiger partial charge on any atom is 0.223 e. The average molecular weight is 313 g/mol. The van der Waals surface area contributed by atoms with Crippen LogP contribution in [0.1, 0.15) is 11.3 Å². The van der Waals surface area contributed by atoms with Crippen LogP contribution in [0.15, 0.2) is 47.4 Å². The third-order valence-electron chi connectivity index (χ3n) is 4.42. The van der Waals surface area contributed by atoms with Crippen molar-refractivity contribution in [3.63, 3.8) is 0 Å². The minimum Gasteiger partial charge on any atom is -0.503 e. The van der Waals surface area contributed by atoms with E-state index in [2.05, 4.69) is 34.1 Å². The highest BCUT2D eigenvalue weighted by molar-refractivity contribution is 5.20. The van der Waals surface area contributed by atoms with Crippen LogP contribution in [0.3, 0.4) is 0 Å². The van der Waals surface area contributed by atoms with E-state index in [1.54, 1.807) is 0 Å². The SMILES string of the molecule is Cn1cc(O)c(=O)cc1CN1CCN(Cc2ccccc2)CC1. The molecule has 1 aliphatic rings. The molecule has 1 N–H and O–H groups in total. The zero-order valence-electron chi connectivity index (χ0n) is 13.5. The Labute approximate surface area is 136 Å². The van der Waals surface area contributed by atoms with Crippen molar-refractivity contribution < 1.29 is 5.11 Å². The van der Waals surface area contributed by atoms with E-state index in [1.165, 1.54) is 17.8 Å². The molecule has 5 nitrogen and oxygen atoms in total. The molecule has 1 fully saturated rings. The van der Waals surface area contributed by atoms with Gasteiger partial charge >= 0.3 is 0 Å². The van der Waals surface area contributed by atoms with Crippen molar-refractivity contribution >= 4 is 0 Å². The van der Waals surface area contributed by atoms with Crippen LogP contribution in [0.2, 0.25) is 0 Å². The lowest BCUT2D eigenvalue weighted by Crippen LogP contribution is -2.45. The second-order valence-corrected chi connectivity index (χ2v) is 6.16. The standard InChI is InChI=1S/C18H23N3O2/c1-19-14-18(23)17(22)11-16(19)13-21-9-7-20(8-10-21)12-15-5-3-2-4-6-15/h2-6,11,14,23H,7-10,12-13H2,1H3. The van der Waals surface area contributed by atoms with E-state index in [0.717, 1.165) is 45.0 Å². The molecule has 0 aliphatic carbocycles. The van der Waals surface area contributed by atoms with Crippen molar-refractivity contribution in [2.75, 3.05) is 26.2 Å². The smallest absolute Gasteiger partial charge is 0.223 e. The molecule has 1 aliphatic heterocycles. The molecule has 23 heavy (non-hydrogen) atoms. The summed E-state index contributed by atoms with van der Waals surface area (Å²) in [4.78, 5) is 16.4. The molecule has 0 spiro atoms. The van der Waals surface area contributed by atoms with Gasteiger partial charge < -0.3 is 9.67 Å². The topological polar surface area (TPSA) is 48.7 Å². The van der Waals surface area contributed by atoms with Crippen molar-refractivity contribution in [1.29, 1.82) is 0 Å². The van der Waals surface area contributed by atoms with Crippen LogP contribution in [0.5, 0.6) is 5.75 Å². The number of aryl methyl sites for hydroxylation is 1. The summed E-state index contributed by atoms with van der Waals surface area (Å²) >= 11 is 0. The van der Waals surface area contributed by atoms with E-state index in [4.69, 9.17) is 0 Å². The third kappa shape index (κ3) is 4.00. The third-order valence-corrected chi connectivity index (χ3v) is 4.42. The molecule has 2 heterocycles. The molecule has 0 radical (unpaired) electrons. The first-order valence-electron chi connectivity index (χ1n) is 7.99. The van der Waals surface area contributed by atoms with Gasteiger partial charge in [0.2, 0.25) is 5.43 Å². The first-order chi connectivity index (χ1) is 11.1. The van der Waals surface area contributed by atoms with Gasteiger partial charge in [0, 0.05) is 64.3 Å². The molecular weight excluding hydrogens is 290 g/mol. The Bertz CT molecular complexity index is 704. The van der Waals surface area contributed by atoms with E-state index in [-0.39, 0.29) is 11.2 Å². The lowest BCUT2D eigenvalue weighted by atomic mass is 10.2. The zero-order valence-corrected chi connectivity index (χ0v) is 13.5. The van der Waals surface area contributed by atoms with Gasteiger partial charge in [-0.1, -0.05) is 30.3 Å². The highest BCUT2D eigenvalue weighted by atomic mass is 16.3. The minimum atomic E-state index is -0.305. The van der Waals surface area contributed by atoms with Gasteiger partial charge in [0.25, 0.3) is 0 Å². The number of benzene rings is 1. The van der Waals surface area contributed by atoms with Crippen molar-refractivity contribution in [2.45, 2.75) is 13.1 Å². The Morgan fingerprint density at radius 3 is 2.26 bits per heavy atom. The summed E-state index contributed by atoms with van der Waals surface area (Å²) in [5.41, 5.74) is 1.98. The summed E-state index contributed by atoms with van der Waals surface area (Å²) in [6.07, 6.45) is 1.49. The molecule has 122 valence electrons. The van der Waals surface area contributed by atoms with Crippen LogP contribution in [0, 0.1) is 0 Å². The maximum atomic E-state index is 11.6. The second-order valence-electron chi connectivity index (χ2n) is 6.16. The van der Waals surface area contributed by atoms with Gasteiger partial charge in [-0.3, -0.25) is 14.6 Å². The number of rotatable bonds is 4. The molecule has 0 bridgehead atoms. The maximum absolute atomic E-state index is 11.6. The average Bonchev–Trinajstić information content (AvgIpc) is 2.55. The Hall–Kier alpha value is -2.11. The molecule has 1 aromatic heterocycles. The number of piperazine rings is 1. The Kier molecular flexibility index (Phi) is 4.79. The Morgan fingerprint density at radius 1 is 1.00 bits per heavy atom. The van der Waals surface area contributed by atoms with Crippen molar-refractivity contribution in [1.82, 2.24) is 14.4 Å². The largest absolute Gasteiger partial charge is 0.503 e. The quantitative estimate of drug-likeness (QED) is 0.927. The van der Waals surface area contributed by atoms with Gasteiger partial charge in [0.15, 0.2) is 5.75 Å². The van der Waals surface area contributed by atoms with E-state index in [1.807, 2.05) is 17.7 Å². The van der Waals surface area contributed by atoms with E-state index < -0.39 is 0 Å². The number of hydrogen-bond acceptors (Lipinski definition) is 4. The molecule has 0 atom stereocenters. The normalized spacial score (nSPS) is 16.6. The predicted octanol–water partition coefficient (Wildman–Crippen LogP) is 1.41. The van der Waals surface area contributed by atoms with Gasteiger partial charge in [0.1, 0.15) is 0 Å². The van der Waals surface area contributed by atoms with Gasteiger partial charge in [-0.05, 0) is 5.56 Å². The molecule has 5 heteroatoms. The Morgan fingerprint density at radius 2 is 1.61 bits per heavy atom. The summed E-state index contributed by atoms with van der Waals surface area (Å²) in [7, 11) is 1.86. The number of hydrogen-bond donors (Lipinski definition) is 1. The molecule has 1 aromatic carbocycles.